The van der Waals surface area contributed by atoms with Crippen LogP contribution in [0.3, 0.4) is 0 Å². The molecule has 0 rings (SSSR count). The van der Waals surface area contributed by atoms with Crippen LogP contribution in [0.25, 0.3) is 0 Å². The molecule has 0 aliphatic heterocycles. The zero-order valence-electron chi connectivity index (χ0n) is 4.82. The lowest BCUT2D eigenvalue weighted by Gasteiger charge is -1.93. The SMILES string of the molecule is CC(C)C/C=C\I. The van der Waals surface area contributed by atoms with Crippen LogP contribution in [-0.4, -0.2) is 0 Å². The Morgan fingerprint density at radius 1 is 1.57 bits per heavy atom. The lowest BCUT2D eigenvalue weighted by Crippen LogP contribution is -1.79. The van der Waals surface area contributed by atoms with Crippen molar-refractivity contribution < 1.29 is 0 Å². The Hall–Kier alpha value is 0.470. The minimum Gasteiger partial charge on any atom is -0.0782 e. The van der Waals surface area contributed by atoms with Crippen LogP contribution >= 0.6 is 22.6 Å². The predicted molar refractivity (Wildman–Crippen MR) is 42.6 cm³/mol. The molecule has 0 atom stereocenters. The molecule has 0 aromatic heterocycles. The van der Waals surface area contributed by atoms with Gasteiger partial charge in [-0.1, -0.05) is 42.5 Å². The van der Waals surface area contributed by atoms with Crippen LogP contribution in [0.5, 0.6) is 0 Å². The number of rotatable bonds is 2. The summed E-state index contributed by atoms with van der Waals surface area (Å²) in [5.41, 5.74) is 0. The second kappa shape index (κ2) is 4.62. The molecular formula is C6H11I. The molecule has 1 heteroatoms. The van der Waals surface area contributed by atoms with Crippen LogP contribution in [0.15, 0.2) is 10.2 Å². The van der Waals surface area contributed by atoms with Crippen LogP contribution in [0.1, 0.15) is 20.3 Å². The third kappa shape index (κ3) is 6.47. The smallest absolute Gasteiger partial charge is 0.0274 e. The van der Waals surface area contributed by atoms with E-state index in [0.29, 0.717) is 0 Å². The number of allylic oxidation sites excluding steroid dienone is 1. The van der Waals surface area contributed by atoms with Crippen LogP contribution in [-0.2, 0) is 0 Å². The van der Waals surface area contributed by atoms with Gasteiger partial charge in [0.15, 0.2) is 0 Å². The lowest BCUT2D eigenvalue weighted by molar-refractivity contribution is 0.664. The lowest BCUT2D eigenvalue weighted by atomic mass is 10.1. The van der Waals surface area contributed by atoms with Gasteiger partial charge in [-0.25, -0.2) is 0 Å². The standard InChI is InChI=1S/C6H11I/c1-6(2)4-3-5-7/h3,5-6H,4H2,1-2H3/b5-3-. The van der Waals surface area contributed by atoms with Crippen molar-refractivity contribution in [2.45, 2.75) is 20.3 Å². The molecule has 0 spiro atoms. The summed E-state index contributed by atoms with van der Waals surface area (Å²) in [6, 6.07) is 0. The number of hydrogen-bond donors (Lipinski definition) is 0. The fourth-order valence-corrected chi connectivity index (χ4v) is 0.617. The third-order valence-electron chi connectivity index (χ3n) is 0.697. The Morgan fingerprint density at radius 3 is 2.29 bits per heavy atom. The fraction of sp³-hybridized carbons (Fsp3) is 0.667. The summed E-state index contributed by atoms with van der Waals surface area (Å²) in [6.45, 7) is 4.44. The molecule has 0 nitrogen and oxygen atoms in total. The summed E-state index contributed by atoms with van der Waals surface area (Å²) in [6.07, 6.45) is 3.40. The quantitative estimate of drug-likeness (QED) is 0.614. The highest BCUT2D eigenvalue weighted by Gasteiger charge is 1.84. The molecule has 0 unspecified atom stereocenters. The van der Waals surface area contributed by atoms with Crippen molar-refractivity contribution in [2.24, 2.45) is 5.92 Å². The Labute approximate surface area is 59.1 Å². The minimum atomic E-state index is 0.811. The van der Waals surface area contributed by atoms with E-state index in [2.05, 4.69) is 46.6 Å². The molecule has 0 N–H and O–H groups in total. The van der Waals surface area contributed by atoms with Gasteiger partial charge < -0.3 is 0 Å². The molecule has 0 heterocycles. The van der Waals surface area contributed by atoms with Gasteiger partial charge in [0.25, 0.3) is 0 Å². The summed E-state index contributed by atoms with van der Waals surface area (Å²) >= 11 is 2.24. The van der Waals surface area contributed by atoms with Crippen molar-refractivity contribution in [3.8, 4) is 0 Å². The summed E-state index contributed by atoms with van der Waals surface area (Å²) in [4.78, 5) is 0. The van der Waals surface area contributed by atoms with Gasteiger partial charge in [-0.15, -0.1) is 0 Å². The second-order valence-electron chi connectivity index (χ2n) is 1.99. The molecule has 0 amide bonds. The topological polar surface area (TPSA) is 0 Å². The Balaban J connectivity index is 2.97. The summed E-state index contributed by atoms with van der Waals surface area (Å²) < 4.78 is 2.07. The zero-order chi connectivity index (χ0) is 5.70. The van der Waals surface area contributed by atoms with Gasteiger partial charge >= 0.3 is 0 Å². The Bertz CT molecular complexity index is 55.2. The predicted octanol–water partition coefficient (Wildman–Crippen LogP) is 2.98. The average Bonchev–Trinajstić information content (AvgIpc) is 1.61. The maximum Gasteiger partial charge on any atom is -0.0274 e. The summed E-state index contributed by atoms with van der Waals surface area (Å²) in [5, 5.41) is 0. The van der Waals surface area contributed by atoms with Crippen molar-refractivity contribution in [3.05, 3.63) is 10.2 Å². The van der Waals surface area contributed by atoms with E-state index in [1.165, 1.54) is 6.42 Å². The van der Waals surface area contributed by atoms with Gasteiger partial charge in [-0.05, 0) is 16.4 Å². The van der Waals surface area contributed by atoms with E-state index in [-0.39, 0.29) is 0 Å². The number of halogens is 1. The third-order valence-corrected chi connectivity index (χ3v) is 1.21. The van der Waals surface area contributed by atoms with E-state index in [4.69, 9.17) is 0 Å². The van der Waals surface area contributed by atoms with Crippen LogP contribution in [0.4, 0.5) is 0 Å². The van der Waals surface area contributed by atoms with Crippen LogP contribution in [0.2, 0.25) is 0 Å². The van der Waals surface area contributed by atoms with E-state index < -0.39 is 0 Å². The fourth-order valence-electron chi connectivity index (χ4n) is 0.324. The van der Waals surface area contributed by atoms with Crippen molar-refractivity contribution in [3.63, 3.8) is 0 Å². The molecule has 0 fully saturated rings. The first kappa shape index (κ1) is 7.47. The normalized spacial score (nSPS) is 11.4. The summed E-state index contributed by atoms with van der Waals surface area (Å²) in [5.74, 6) is 0.811. The Morgan fingerprint density at radius 2 is 2.14 bits per heavy atom. The van der Waals surface area contributed by atoms with Gasteiger partial charge in [0.2, 0.25) is 0 Å². The molecule has 0 saturated heterocycles. The molecule has 0 aliphatic carbocycles. The molecule has 0 radical (unpaired) electrons. The van der Waals surface area contributed by atoms with Crippen molar-refractivity contribution in [1.29, 1.82) is 0 Å². The number of hydrogen-bond acceptors (Lipinski definition) is 0. The molecule has 0 aliphatic rings. The first-order valence-electron chi connectivity index (χ1n) is 2.52. The molecule has 0 aromatic carbocycles. The van der Waals surface area contributed by atoms with E-state index in [1.54, 1.807) is 0 Å². The zero-order valence-corrected chi connectivity index (χ0v) is 6.97. The van der Waals surface area contributed by atoms with Crippen molar-refractivity contribution in [2.75, 3.05) is 0 Å². The average molecular weight is 210 g/mol. The highest BCUT2D eigenvalue weighted by molar-refractivity contribution is 14.1. The van der Waals surface area contributed by atoms with E-state index >= 15 is 0 Å². The Kier molecular flexibility index (Phi) is 4.94. The summed E-state index contributed by atoms with van der Waals surface area (Å²) in [7, 11) is 0. The monoisotopic (exact) mass is 210 g/mol. The molecule has 7 heavy (non-hydrogen) atoms. The van der Waals surface area contributed by atoms with E-state index in [1.807, 2.05) is 0 Å². The molecular weight excluding hydrogens is 199 g/mol. The largest absolute Gasteiger partial charge is 0.0782 e. The van der Waals surface area contributed by atoms with Crippen LogP contribution < -0.4 is 0 Å². The van der Waals surface area contributed by atoms with Gasteiger partial charge in [-0.3, -0.25) is 0 Å². The first-order chi connectivity index (χ1) is 3.27. The highest BCUT2D eigenvalue weighted by Crippen LogP contribution is 2.00. The molecule has 42 valence electrons. The minimum absolute atomic E-state index is 0.811. The molecule has 0 saturated carbocycles. The maximum absolute atomic E-state index is 2.24. The van der Waals surface area contributed by atoms with E-state index in [9.17, 15) is 0 Å². The van der Waals surface area contributed by atoms with Crippen molar-refractivity contribution >= 4 is 22.6 Å². The van der Waals surface area contributed by atoms with Crippen molar-refractivity contribution in [1.82, 2.24) is 0 Å². The maximum atomic E-state index is 2.24. The van der Waals surface area contributed by atoms with Gasteiger partial charge in [0.1, 0.15) is 0 Å². The second-order valence-corrected chi connectivity index (χ2v) is 2.71. The van der Waals surface area contributed by atoms with Gasteiger partial charge in [0.05, 0.1) is 0 Å². The van der Waals surface area contributed by atoms with Gasteiger partial charge in [0, 0.05) is 0 Å². The first-order valence-corrected chi connectivity index (χ1v) is 3.77. The molecule has 0 bridgehead atoms. The van der Waals surface area contributed by atoms with E-state index in [0.717, 1.165) is 5.92 Å². The van der Waals surface area contributed by atoms with Gasteiger partial charge in [-0.2, -0.15) is 0 Å². The van der Waals surface area contributed by atoms with Crippen LogP contribution in [0, 0.1) is 5.92 Å². The molecule has 0 aromatic rings. The highest BCUT2D eigenvalue weighted by atomic mass is 127.